The van der Waals surface area contributed by atoms with E-state index in [4.69, 9.17) is 4.74 Å². The van der Waals surface area contributed by atoms with Gasteiger partial charge < -0.3 is 9.64 Å². The maximum Gasteiger partial charge on any atom is 0.254 e. The first kappa shape index (κ1) is 16.8. The van der Waals surface area contributed by atoms with E-state index in [2.05, 4.69) is 21.4 Å². The van der Waals surface area contributed by atoms with E-state index in [0.29, 0.717) is 17.5 Å². The van der Waals surface area contributed by atoms with Crippen LogP contribution in [0.3, 0.4) is 0 Å². The number of carbonyl (C=O) groups is 1. The quantitative estimate of drug-likeness (QED) is 0.699. The van der Waals surface area contributed by atoms with Gasteiger partial charge in [0, 0.05) is 49.7 Å². The summed E-state index contributed by atoms with van der Waals surface area (Å²) in [6.45, 7) is 3.73. The molecule has 0 radical (unpaired) electrons. The lowest BCUT2D eigenvalue weighted by atomic mass is 10.0. The zero-order chi connectivity index (χ0) is 18.5. The Kier molecular flexibility index (Phi) is 3.94. The molecule has 0 saturated carbocycles. The SMILES string of the molecule is COc1c2ccc(C(=O)N3CC(N4CCc5sccc5C4)C3)cc2nn1C. The van der Waals surface area contributed by atoms with Gasteiger partial charge in [0.1, 0.15) is 0 Å². The first-order valence-corrected chi connectivity index (χ1v) is 10.1. The number of rotatable bonds is 3. The topological polar surface area (TPSA) is 50.6 Å². The molecule has 2 aliphatic rings. The van der Waals surface area contributed by atoms with Crippen molar-refractivity contribution in [2.45, 2.75) is 19.0 Å². The Balaban J connectivity index is 1.27. The average molecular weight is 382 g/mol. The number of thiophene rings is 1. The highest BCUT2D eigenvalue weighted by Gasteiger charge is 2.36. The van der Waals surface area contributed by atoms with Crippen molar-refractivity contribution in [2.24, 2.45) is 7.05 Å². The van der Waals surface area contributed by atoms with E-state index in [1.165, 1.54) is 10.4 Å². The Morgan fingerprint density at radius 1 is 1.30 bits per heavy atom. The van der Waals surface area contributed by atoms with Gasteiger partial charge in [-0.2, -0.15) is 5.10 Å². The van der Waals surface area contributed by atoms with Gasteiger partial charge in [-0.3, -0.25) is 9.69 Å². The minimum Gasteiger partial charge on any atom is -0.481 e. The fraction of sp³-hybridized carbons (Fsp3) is 0.400. The molecular formula is C20H22N4O2S. The normalized spacial score (nSPS) is 17.8. The number of fused-ring (bicyclic) bond motifs is 2. The highest BCUT2D eigenvalue weighted by atomic mass is 32.1. The molecule has 0 unspecified atom stereocenters. The molecule has 0 aliphatic carbocycles. The molecule has 6 nitrogen and oxygen atoms in total. The lowest BCUT2D eigenvalue weighted by molar-refractivity contribution is 0.0221. The highest BCUT2D eigenvalue weighted by Crippen LogP contribution is 2.29. The second-order valence-electron chi connectivity index (χ2n) is 7.32. The zero-order valence-corrected chi connectivity index (χ0v) is 16.3. The third-order valence-electron chi connectivity index (χ3n) is 5.72. The smallest absolute Gasteiger partial charge is 0.254 e. The van der Waals surface area contributed by atoms with Crippen molar-refractivity contribution >= 4 is 28.1 Å². The number of aryl methyl sites for hydroxylation is 1. The molecule has 0 atom stereocenters. The van der Waals surface area contributed by atoms with Crippen LogP contribution >= 0.6 is 11.3 Å². The van der Waals surface area contributed by atoms with Crippen molar-refractivity contribution in [3.05, 3.63) is 45.6 Å². The first-order valence-electron chi connectivity index (χ1n) is 9.23. The minimum atomic E-state index is 0.0889. The van der Waals surface area contributed by atoms with Crippen LogP contribution in [-0.4, -0.2) is 58.3 Å². The molecule has 1 amide bonds. The van der Waals surface area contributed by atoms with Crippen LogP contribution < -0.4 is 4.74 Å². The van der Waals surface area contributed by atoms with Crippen LogP contribution in [0.5, 0.6) is 5.88 Å². The van der Waals surface area contributed by atoms with Crippen molar-refractivity contribution in [2.75, 3.05) is 26.7 Å². The molecule has 140 valence electrons. The van der Waals surface area contributed by atoms with Gasteiger partial charge >= 0.3 is 0 Å². The number of likely N-dealkylation sites (tertiary alicyclic amines) is 1. The van der Waals surface area contributed by atoms with E-state index in [0.717, 1.165) is 43.5 Å². The summed E-state index contributed by atoms with van der Waals surface area (Å²) in [6, 6.07) is 8.38. The molecule has 5 rings (SSSR count). The van der Waals surface area contributed by atoms with Crippen LogP contribution in [0.25, 0.3) is 10.9 Å². The number of nitrogens with zero attached hydrogens (tertiary/aromatic N) is 4. The summed E-state index contributed by atoms with van der Waals surface area (Å²) in [6.07, 6.45) is 1.13. The molecule has 2 aromatic heterocycles. The second kappa shape index (κ2) is 6.35. The summed E-state index contributed by atoms with van der Waals surface area (Å²) in [4.78, 5) is 18.8. The number of carbonyl (C=O) groups excluding carboxylic acids is 1. The Hall–Kier alpha value is -2.38. The van der Waals surface area contributed by atoms with Crippen LogP contribution in [0.1, 0.15) is 20.8 Å². The third kappa shape index (κ3) is 2.73. The van der Waals surface area contributed by atoms with Crippen molar-refractivity contribution in [1.29, 1.82) is 0 Å². The number of benzene rings is 1. The lowest BCUT2D eigenvalue weighted by Crippen LogP contribution is -2.61. The standard InChI is InChI=1S/C20H22N4O2S/c1-22-20(26-2)16-4-3-13(9-17(16)21-22)19(25)24-11-15(12-24)23-7-5-18-14(10-23)6-8-27-18/h3-4,6,8-9,15H,5,7,10-12H2,1-2H3. The Labute approximate surface area is 161 Å². The Morgan fingerprint density at radius 3 is 2.96 bits per heavy atom. The summed E-state index contributed by atoms with van der Waals surface area (Å²) >= 11 is 1.86. The predicted molar refractivity (Wildman–Crippen MR) is 105 cm³/mol. The summed E-state index contributed by atoms with van der Waals surface area (Å²) in [5.74, 6) is 0.803. The molecule has 7 heteroatoms. The van der Waals surface area contributed by atoms with E-state index in [-0.39, 0.29) is 5.91 Å². The number of methoxy groups -OCH3 is 1. The number of hydrogen-bond acceptors (Lipinski definition) is 5. The largest absolute Gasteiger partial charge is 0.481 e. The fourth-order valence-electron chi connectivity index (χ4n) is 4.17. The van der Waals surface area contributed by atoms with Crippen LogP contribution in [0.15, 0.2) is 29.6 Å². The first-order chi connectivity index (χ1) is 13.1. The van der Waals surface area contributed by atoms with Crippen LogP contribution in [0, 0.1) is 0 Å². The second-order valence-corrected chi connectivity index (χ2v) is 8.32. The predicted octanol–water partition coefficient (Wildman–Crippen LogP) is 2.53. The summed E-state index contributed by atoms with van der Waals surface area (Å²) < 4.78 is 7.08. The molecule has 0 N–H and O–H groups in total. The molecule has 1 saturated heterocycles. The third-order valence-corrected chi connectivity index (χ3v) is 6.75. The average Bonchev–Trinajstić information content (AvgIpc) is 3.22. The fourth-order valence-corrected chi connectivity index (χ4v) is 5.06. The number of amides is 1. The molecular weight excluding hydrogens is 360 g/mol. The summed E-state index contributed by atoms with van der Waals surface area (Å²) in [7, 11) is 3.48. The van der Waals surface area contributed by atoms with Crippen molar-refractivity contribution < 1.29 is 9.53 Å². The van der Waals surface area contributed by atoms with Crippen LogP contribution in [-0.2, 0) is 20.0 Å². The number of hydrogen-bond donors (Lipinski definition) is 0. The monoisotopic (exact) mass is 382 g/mol. The number of aromatic nitrogens is 2. The molecule has 0 bridgehead atoms. The van der Waals surface area contributed by atoms with Gasteiger partial charge in [0.2, 0.25) is 5.88 Å². The maximum absolute atomic E-state index is 12.9. The Bertz CT molecular complexity index is 1020. The van der Waals surface area contributed by atoms with E-state index in [1.807, 2.05) is 41.5 Å². The molecule has 3 aromatic rings. The van der Waals surface area contributed by atoms with Crippen molar-refractivity contribution in [1.82, 2.24) is 19.6 Å². The molecule has 4 heterocycles. The lowest BCUT2D eigenvalue weighted by Gasteiger charge is -2.46. The van der Waals surface area contributed by atoms with Gasteiger partial charge in [0.15, 0.2) is 0 Å². The maximum atomic E-state index is 12.9. The zero-order valence-electron chi connectivity index (χ0n) is 15.5. The van der Waals surface area contributed by atoms with E-state index >= 15 is 0 Å². The molecule has 2 aliphatic heterocycles. The highest BCUT2D eigenvalue weighted by molar-refractivity contribution is 7.10. The summed E-state index contributed by atoms with van der Waals surface area (Å²) in [5, 5.41) is 7.57. The minimum absolute atomic E-state index is 0.0889. The molecule has 27 heavy (non-hydrogen) atoms. The summed E-state index contributed by atoms with van der Waals surface area (Å²) in [5.41, 5.74) is 2.95. The van der Waals surface area contributed by atoms with E-state index in [1.54, 1.807) is 11.8 Å². The molecule has 1 fully saturated rings. The van der Waals surface area contributed by atoms with Crippen LogP contribution in [0.2, 0.25) is 0 Å². The van der Waals surface area contributed by atoms with Gasteiger partial charge in [0.05, 0.1) is 18.0 Å². The van der Waals surface area contributed by atoms with E-state index < -0.39 is 0 Å². The van der Waals surface area contributed by atoms with Gasteiger partial charge in [-0.1, -0.05) is 0 Å². The van der Waals surface area contributed by atoms with Crippen molar-refractivity contribution in [3.8, 4) is 5.88 Å². The molecule has 1 aromatic carbocycles. The van der Waals surface area contributed by atoms with Gasteiger partial charge in [-0.15, -0.1) is 11.3 Å². The van der Waals surface area contributed by atoms with Crippen molar-refractivity contribution in [3.63, 3.8) is 0 Å². The number of ether oxygens (including phenoxy) is 1. The van der Waals surface area contributed by atoms with E-state index in [9.17, 15) is 4.79 Å². The van der Waals surface area contributed by atoms with Gasteiger partial charge in [-0.25, -0.2) is 4.68 Å². The van der Waals surface area contributed by atoms with Gasteiger partial charge in [0.25, 0.3) is 5.91 Å². The van der Waals surface area contributed by atoms with Crippen LogP contribution in [0.4, 0.5) is 0 Å². The van der Waals surface area contributed by atoms with Gasteiger partial charge in [-0.05, 0) is 41.6 Å². The molecule has 0 spiro atoms. The Morgan fingerprint density at radius 2 is 2.15 bits per heavy atom.